The molecule has 1 aromatic rings. The molecule has 0 spiro atoms. The third-order valence-electron chi connectivity index (χ3n) is 3.38. The van der Waals surface area contributed by atoms with Gasteiger partial charge in [0.25, 0.3) is 0 Å². The molecule has 20 heavy (non-hydrogen) atoms. The number of halogens is 2. The Morgan fingerprint density at radius 3 is 2.20 bits per heavy atom. The van der Waals surface area contributed by atoms with Crippen LogP contribution in [0.2, 0.25) is 0 Å². The highest BCUT2D eigenvalue weighted by molar-refractivity contribution is 7.92. The third-order valence-corrected chi connectivity index (χ3v) is 6.46. The predicted molar refractivity (Wildman–Crippen MR) is 82.5 cm³/mol. The van der Waals surface area contributed by atoms with E-state index in [1.165, 1.54) is 12.1 Å². The summed E-state index contributed by atoms with van der Waals surface area (Å²) in [5.74, 6) is 0.345. The monoisotopic (exact) mass is 320 g/mol. The number of hydrogen-bond donors (Lipinski definition) is 0. The Morgan fingerprint density at radius 2 is 1.75 bits per heavy atom. The van der Waals surface area contributed by atoms with Crippen molar-refractivity contribution < 1.29 is 12.8 Å². The van der Waals surface area contributed by atoms with Gasteiger partial charge >= 0.3 is 0 Å². The largest absolute Gasteiger partial charge is 0.228 e. The summed E-state index contributed by atoms with van der Waals surface area (Å²) in [4.78, 5) is 0. The van der Waals surface area contributed by atoms with E-state index in [2.05, 4.69) is 0 Å². The zero-order valence-electron chi connectivity index (χ0n) is 12.2. The van der Waals surface area contributed by atoms with Gasteiger partial charge in [0.15, 0.2) is 9.84 Å². The van der Waals surface area contributed by atoms with Crippen molar-refractivity contribution in [3.63, 3.8) is 0 Å². The van der Waals surface area contributed by atoms with Crippen LogP contribution in [0.25, 0.3) is 0 Å². The molecule has 0 fully saturated rings. The van der Waals surface area contributed by atoms with Crippen molar-refractivity contribution in [2.75, 3.05) is 11.6 Å². The summed E-state index contributed by atoms with van der Waals surface area (Å²) in [5, 5.41) is 0. The smallest absolute Gasteiger partial charge is 0.155 e. The number of benzene rings is 1. The van der Waals surface area contributed by atoms with Gasteiger partial charge in [0.2, 0.25) is 0 Å². The average molecular weight is 321 g/mol. The molecule has 1 rings (SSSR count). The van der Waals surface area contributed by atoms with E-state index in [1.54, 1.807) is 32.9 Å². The quantitative estimate of drug-likeness (QED) is 0.747. The van der Waals surface area contributed by atoms with Crippen LogP contribution in [-0.4, -0.2) is 24.8 Å². The van der Waals surface area contributed by atoms with E-state index < -0.39 is 14.6 Å². The van der Waals surface area contributed by atoms with Crippen molar-refractivity contribution >= 4 is 21.4 Å². The van der Waals surface area contributed by atoms with Gasteiger partial charge in [0.05, 0.1) is 10.5 Å². The van der Waals surface area contributed by atoms with Crippen molar-refractivity contribution in [1.82, 2.24) is 0 Å². The summed E-state index contributed by atoms with van der Waals surface area (Å²) in [5.41, 5.74) is 0.977. The number of rotatable bonds is 6. The minimum absolute atomic E-state index is 0.0826. The molecule has 0 radical (unpaired) electrons. The van der Waals surface area contributed by atoms with Gasteiger partial charge in [-0.1, -0.05) is 12.1 Å². The lowest BCUT2D eigenvalue weighted by Crippen LogP contribution is -2.31. The van der Waals surface area contributed by atoms with E-state index in [1.807, 2.05) is 0 Å². The molecule has 0 N–H and O–H groups in total. The highest BCUT2D eigenvalue weighted by atomic mass is 35.5. The maximum Gasteiger partial charge on any atom is 0.155 e. The zero-order chi connectivity index (χ0) is 15.4. The van der Waals surface area contributed by atoms with Crippen molar-refractivity contribution in [1.29, 1.82) is 0 Å². The first-order valence-corrected chi connectivity index (χ1v) is 8.87. The molecule has 1 unspecified atom stereocenters. The fraction of sp³-hybridized carbons (Fsp3) is 0.600. The summed E-state index contributed by atoms with van der Waals surface area (Å²) in [7, 11) is -3.12. The minimum atomic E-state index is -3.12. The van der Waals surface area contributed by atoms with Crippen LogP contribution >= 0.6 is 11.6 Å². The Hall–Kier alpha value is -0.610. The molecule has 1 aromatic carbocycles. The van der Waals surface area contributed by atoms with Crippen molar-refractivity contribution in [2.24, 2.45) is 5.92 Å². The van der Waals surface area contributed by atoms with E-state index in [0.717, 1.165) is 5.56 Å². The Bertz CT molecular complexity index is 518. The summed E-state index contributed by atoms with van der Waals surface area (Å²) < 4.78 is 36.3. The van der Waals surface area contributed by atoms with Crippen LogP contribution in [-0.2, 0) is 16.3 Å². The van der Waals surface area contributed by atoms with Gasteiger partial charge in [0, 0.05) is 5.88 Å². The highest BCUT2D eigenvalue weighted by Gasteiger charge is 2.29. The Balaban J connectivity index is 2.63. The van der Waals surface area contributed by atoms with Crippen LogP contribution in [0.15, 0.2) is 24.3 Å². The maximum atomic E-state index is 12.8. The lowest BCUT2D eigenvalue weighted by atomic mass is 9.99. The molecule has 0 saturated carbocycles. The fourth-order valence-electron chi connectivity index (χ4n) is 1.82. The first-order valence-electron chi connectivity index (χ1n) is 6.68. The topological polar surface area (TPSA) is 34.1 Å². The van der Waals surface area contributed by atoms with E-state index in [0.29, 0.717) is 18.7 Å². The molecule has 1 atom stereocenters. The van der Waals surface area contributed by atoms with Crippen molar-refractivity contribution in [3.8, 4) is 0 Å². The SMILES string of the molecule is CC(C)(C)S(=O)(=O)CCC(CCl)Cc1ccc(F)cc1. The Labute approximate surface area is 126 Å². The summed E-state index contributed by atoms with van der Waals surface area (Å²) in [6.45, 7) is 5.12. The third kappa shape index (κ3) is 5.06. The zero-order valence-corrected chi connectivity index (χ0v) is 13.8. The molecule has 0 aliphatic rings. The molecule has 0 aromatic heterocycles. The summed E-state index contributed by atoms with van der Waals surface area (Å²) in [6, 6.07) is 6.25. The van der Waals surface area contributed by atoms with Gasteiger partial charge in [-0.3, -0.25) is 0 Å². The van der Waals surface area contributed by atoms with Crippen LogP contribution in [0.5, 0.6) is 0 Å². The summed E-state index contributed by atoms with van der Waals surface area (Å²) >= 11 is 5.92. The van der Waals surface area contributed by atoms with Gasteiger partial charge in [-0.2, -0.15) is 0 Å². The predicted octanol–water partition coefficient (Wildman–Crippen LogP) is 3.83. The molecular weight excluding hydrogens is 299 g/mol. The van der Waals surface area contributed by atoms with E-state index in [-0.39, 0.29) is 17.5 Å². The normalized spacial score (nSPS) is 14.2. The molecule has 0 bridgehead atoms. The fourth-order valence-corrected chi connectivity index (χ4v) is 3.34. The first-order chi connectivity index (χ1) is 9.15. The molecule has 0 amide bonds. The van der Waals surface area contributed by atoms with Crippen LogP contribution in [0.1, 0.15) is 32.8 Å². The molecular formula is C15H22ClFO2S. The Morgan fingerprint density at radius 1 is 1.20 bits per heavy atom. The molecule has 5 heteroatoms. The molecule has 0 saturated heterocycles. The van der Waals surface area contributed by atoms with Crippen LogP contribution in [0, 0.1) is 11.7 Å². The van der Waals surface area contributed by atoms with Gasteiger partial charge < -0.3 is 0 Å². The van der Waals surface area contributed by atoms with Crippen molar-refractivity contribution in [3.05, 3.63) is 35.6 Å². The second-order valence-corrected chi connectivity index (χ2v) is 9.24. The van der Waals surface area contributed by atoms with E-state index >= 15 is 0 Å². The van der Waals surface area contributed by atoms with Crippen LogP contribution in [0.3, 0.4) is 0 Å². The second kappa shape index (κ2) is 6.90. The standard InChI is InChI=1S/C15H22ClFO2S/c1-15(2,3)20(18,19)9-8-13(11-16)10-12-4-6-14(17)7-5-12/h4-7,13H,8-11H2,1-3H3. The molecule has 114 valence electrons. The lowest BCUT2D eigenvalue weighted by molar-refractivity contribution is 0.529. The van der Waals surface area contributed by atoms with Gasteiger partial charge in [0.1, 0.15) is 5.82 Å². The number of alkyl halides is 1. The van der Waals surface area contributed by atoms with E-state index in [4.69, 9.17) is 11.6 Å². The molecule has 0 aliphatic heterocycles. The number of sulfone groups is 1. The lowest BCUT2D eigenvalue weighted by Gasteiger charge is -2.21. The van der Waals surface area contributed by atoms with Gasteiger partial charge in [-0.25, -0.2) is 12.8 Å². The van der Waals surface area contributed by atoms with Crippen LogP contribution < -0.4 is 0 Å². The maximum absolute atomic E-state index is 12.8. The first kappa shape index (κ1) is 17.4. The van der Waals surface area contributed by atoms with Gasteiger partial charge in [-0.15, -0.1) is 11.6 Å². The molecule has 0 heterocycles. The van der Waals surface area contributed by atoms with E-state index in [9.17, 15) is 12.8 Å². The van der Waals surface area contributed by atoms with Gasteiger partial charge in [-0.05, 0) is 57.2 Å². The van der Waals surface area contributed by atoms with Crippen LogP contribution in [0.4, 0.5) is 4.39 Å². The number of hydrogen-bond acceptors (Lipinski definition) is 2. The Kier molecular flexibility index (Phi) is 6.02. The summed E-state index contributed by atoms with van der Waals surface area (Å²) in [6.07, 6.45) is 1.20. The molecule has 0 aliphatic carbocycles. The average Bonchev–Trinajstić information content (AvgIpc) is 2.35. The minimum Gasteiger partial charge on any atom is -0.228 e. The second-order valence-electron chi connectivity index (χ2n) is 6.07. The van der Waals surface area contributed by atoms with Crippen molar-refractivity contribution in [2.45, 2.75) is 38.4 Å². The highest BCUT2D eigenvalue weighted by Crippen LogP contribution is 2.21. The molecule has 2 nitrogen and oxygen atoms in total.